The van der Waals surface area contributed by atoms with Gasteiger partial charge in [0.2, 0.25) is 0 Å². The highest BCUT2D eigenvalue weighted by atomic mass is 19.1. The van der Waals surface area contributed by atoms with Gasteiger partial charge in [0.1, 0.15) is 17.2 Å². The third-order valence-corrected chi connectivity index (χ3v) is 6.10. The van der Waals surface area contributed by atoms with Crippen molar-refractivity contribution in [1.82, 2.24) is 9.97 Å². The van der Waals surface area contributed by atoms with Gasteiger partial charge in [-0.05, 0) is 47.5 Å². The van der Waals surface area contributed by atoms with Gasteiger partial charge < -0.3 is 19.6 Å². The number of rotatable bonds is 6. The number of aliphatic imine (C=N–C) groups is 1. The number of H-pyrrole nitrogens is 1. The van der Waals surface area contributed by atoms with Gasteiger partial charge in [0.05, 0.1) is 36.8 Å². The Balaban J connectivity index is 1.46. The molecule has 3 heterocycles. The molecule has 1 aliphatic rings. The maximum atomic E-state index is 15.0. The number of hydrogen-bond donors (Lipinski definition) is 2. The molecule has 2 aromatic carbocycles. The summed E-state index contributed by atoms with van der Waals surface area (Å²) >= 11 is 0. The molecule has 188 valence electrons. The van der Waals surface area contributed by atoms with E-state index in [1.165, 1.54) is 24.4 Å². The van der Waals surface area contributed by atoms with E-state index >= 15 is 8.78 Å². The Hall–Kier alpha value is -4.36. The standard InChI is InChI=1S/C27H21F3N4O3/c1-27(13-35)12-34-23(36-14-27)8-15-6-20(29)25(21(30)7-15)37-22-2-3-32-26-24(22)19(11-33-26)17-4-16(10-31)5-18(28)9-17/h2-7,9,11,35H,8,12-14H2,1H3,(H,32,33). The summed E-state index contributed by atoms with van der Waals surface area (Å²) in [6, 6.07) is 9.49. The van der Waals surface area contributed by atoms with Crippen molar-refractivity contribution in [2.45, 2.75) is 13.3 Å². The van der Waals surface area contributed by atoms with E-state index in [1.54, 1.807) is 6.20 Å². The molecule has 1 atom stereocenters. The predicted octanol–water partition coefficient (Wildman–Crippen LogP) is 5.28. The lowest BCUT2D eigenvalue weighted by Crippen LogP contribution is -2.36. The fraction of sp³-hybridized carbons (Fsp3) is 0.222. The number of nitrogens with one attached hydrogen (secondary N) is 1. The zero-order valence-corrected chi connectivity index (χ0v) is 19.7. The minimum atomic E-state index is -0.925. The van der Waals surface area contributed by atoms with E-state index in [9.17, 15) is 14.8 Å². The molecule has 1 aliphatic heterocycles. The largest absolute Gasteiger partial charge is 0.480 e. The molecule has 2 aromatic heterocycles. The summed E-state index contributed by atoms with van der Waals surface area (Å²) in [6.07, 6.45) is 3.05. The van der Waals surface area contributed by atoms with Gasteiger partial charge in [-0.3, -0.25) is 4.99 Å². The number of nitrogens with zero attached hydrogens (tertiary/aromatic N) is 3. The molecule has 10 heteroatoms. The topological polar surface area (TPSA) is 104 Å². The van der Waals surface area contributed by atoms with Gasteiger partial charge >= 0.3 is 0 Å². The summed E-state index contributed by atoms with van der Waals surface area (Å²) in [6.45, 7) is 2.36. The summed E-state index contributed by atoms with van der Waals surface area (Å²) in [5.41, 5.74) is 1.13. The number of aromatic nitrogens is 2. The average Bonchev–Trinajstić information content (AvgIpc) is 3.32. The molecule has 0 fully saturated rings. The average molecular weight is 506 g/mol. The van der Waals surface area contributed by atoms with E-state index in [1.807, 2.05) is 13.0 Å². The quantitative estimate of drug-likeness (QED) is 0.370. The molecule has 0 spiro atoms. The fourth-order valence-corrected chi connectivity index (χ4v) is 4.08. The highest BCUT2D eigenvalue weighted by Gasteiger charge is 2.29. The Kier molecular flexibility index (Phi) is 6.31. The van der Waals surface area contributed by atoms with Crippen LogP contribution in [0.15, 0.2) is 53.8 Å². The first-order chi connectivity index (χ1) is 17.8. The van der Waals surface area contributed by atoms with Crippen LogP contribution >= 0.6 is 0 Å². The number of halogens is 3. The number of benzene rings is 2. The summed E-state index contributed by atoms with van der Waals surface area (Å²) in [4.78, 5) is 11.4. The second kappa shape index (κ2) is 9.59. The van der Waals surface area contributed by atoms with Gasteiger partial charge in [0, 0.05) is 29.8 Å². The van der Waals surface area contributed by atoms with Crippen LogP contribution in [0, 0.1) is 34.2 Å². The molecule has 1 unspecified atom stereocenters. The van der Waals surface area contributed by atoms with Gasteiger partial charge in [0.25, 0.3) is 0 Å². The first-order valence-corrected chi connectivity index (χ1v) is 11.4. The Bertz CT molecular complexity index is 1550. The first-order valence-electron chi connectivity index (χ1n) is 11.4. The van der Waals surface area contributed by atoms with E-state index in [-0.39, 0.29) is 30.9 Å². The Morgan fingerprint density at radius 2 is 1.97 bits per heavy atom. The van der Waals surface area contributed by atoms with E-state index < -0.39 is 28.6 Å². The number of aromatic amines is 1. The number of hydrogen-bond acceptors (Lipinski definition) is 6. The molecule has 5 rings (SSSR count). The summed E-state index contributed by atoms with van der Waals surface area (Å²) < 4.78 is 55.4. The van der Waals surface area contributed by atoms with Crippen LogP contribution in [-0.2, 0) is 11.2 Å². The summed E-state index contributed by atoms with van der Waals surface area (Å²) in [5.74, 6) is -2.64. The lowest BCUT2D eigenvalue weighted by atomic mass is 9.92. The van der Waals surface area contributed by atoms with Crippen LogP contribution in [0.1, 0.15) is 18.1 Å². The van der Waals surface area contributed by atoms with Crippen LogP contribution < -0.4 is 4.74 Å². The third-order valence-electron chi connectivity index (χ3n) is 6.10. The second-order valence-corrected chi connectivity index (χ2v) is 9.21. The van der Waals surface area contributed by atoms with Crippen molar-refractivity contribution in [3.05, 3.63) is 77.4 Å². The predicted molar refractivity (Wildman–Crippen MR) is 130 cm³/mol. The maximum Gasteiger partial charge on any atom is 0.198 e. The SMILES string of the molecule is CC1(CO)CN=C(Cc2cc(F)c(Oc3ccnc4[nH]cc(-c5cc(F)cc(C#N)c5)c34)c(F)c2)OC1. The van der Waals surface area contributed by atoms with Gasteiger partial charge in [-0.1, -0.05) is 6.92 Å². The molecule has 0 aliphatic carbocycles. The van der Waals surface area contributed by atoms with Crippen molar-refractivity contribution in [3.8, 4) is 28.7 Å². The lowest BCUT2D eigenvalue weighted by molar-refractivity contribution is 0.0691. The minimum Gasteiger partial charge on any atom is -0.480 e. The number of aliphatic hydroxyl groups excluding tert-OH is 1. The Morgan fingerprint density at radius 3 is 2.65 bits per heavy atom. The van der Waals surface area contributed by atoms with Crippen molar-refractivity contribution in [3.63, 3.8) is 0 Å². The van der Waals surface area contributed by atoms with E-state index in [0.717, 1.165) is 18.2 Å². The van der Waals surface area contributed by atoms with Crippen molar-refractivity contribution >= 4 is 16.9 Å². The molecule has 7 nitrogen and oxygen atoms in total. The van der Waals surface area contributed by atoms with Crippen molar-refractivity contribution in [1.29, 1.82) is 5.26 Å². The number of pyridine rings is 1. The van der Waals surface area contributed by atoms with E-state index in [0.29, 0.717) is 40.2 Å². The highest BCUT2D eigenvalue weighted by Crippen LogP contribution is 2.38. The molecule has 0 saturated carbocycles. The molecule has 2 N–H and O–H groups in total. The number of nitriles is 1. The van der Waals surface area contributed by atoms with Gasteiger partial charge in [-0.15, -0.1) is 0 Å². The zero-order chi connectivity index (χ0) is 26.2. The van der Waals surface area contributed by atoms with Crippen LogP contribution in [0.5, 0.6) is 11.5 Å². The summed E-state index contributed by atoms with van der Waals surface area (Å²) in [5, 5.41) is 19.0. The molecular weight excluding hydrogens is 485 g/mol. The molecular formula is C27H21F3N4O3. The molecule has 0 bridgehead atoms. The van der Waals surface area contributed by atoms with Gasteiger partial charge in [0.15, 0.2) is 23.3 Å². The van der Waals surface area contributed by atoms with Crippen LogP contribution in [0.25, 0.3) is 22.2 Å². The zero-order valence-electron chi connectivity index (χ0n) is 19.7. The molecule has 0 radical (unpaired) electrons. The van der Waals surface area contributed by atoms with E-state index in [2.05, 4.69) is 15.0 Å². The second-order valence-electron chi connectivity index (χ2n) is 9.21. The van der Waals surface area contributed by atoms with Crippen molar-refractivity contribution < 1.29 is 27.8 Å². The third kappa shape index (κ3) is 4.86. The monoisotopic (exact) mass is 506 g/mol. The van der Waals surface area contributed by atoms with Crippen molar-refractivity contribution in [2.24, 2.45) is 10.4 Å². The molecule has 37 heavy (non-hydrogen) atoms. The number of ether oxygens (including phenoxy) is 2. The van der Waals surface area contributed by atoms with Crippen LogP contribution in [0.3, 0.4) is 0 Å². The highest BCUT2D eigenvalue weighted by molar-refractivity contribution is 5.98. The van der Waals surface area contributed by atoms with Crippen LogP contribution in [-0.4, -0.2) is 40.7 Å². The smallest absolute Gasteiger partial charge is 0.198 e. The maximum absolute atomic E-state index is 15.0. The normalized spacial score (nSPS) is 17.2. The lowest BCUT2D eigenvalue weighted by Gasteiger charge is -2.30. The molecule has 4 aromatic rings. The van der Waals surface area contributed by atoms with Crippen LogP contribution in [0.4, 0.5) is 13.2 Å². The fourth-order valence-electron chi connectivity index (χ4n) is 4.08. The Labute approximate surface area is 209 Å². The minimum absolute atomic E-state index is 0.0805. The first kappa shape index (κ1) is 24.3. The Morgan fingerprint density at radius 1 is 1.19 bits per heavy atom. The van der Waals surface area contributed by atoms with E-state index in [4.69, 9.17) is 9.47 Å². The number of fused-ring (bicyclic) bond motifs is 1. The van der Waals surface area contributed by atoms with Gasteiger partial charge in [-0.2, -0.15) is 5.26 Å². The van der Waals surface area contributed by atoms with Crippen LogP contribution in [0.2, 0.25) is 0 Å². The molecule has 0 saturated heterocycles. The molecule has 0 amide bonds. The van der Waals surface area contributed by atoms with Gasteiger partial charge in [-0.25, -0.2) is 18.2 Å². The van der Waals surface area contributed by atoms with Crippen molar-refractivity contribution in [2.75, 3.05) is 19.8 Å². The summed E-state index contributed by atoms with van der Waals surface area (Å²) in [7, 11) is 0. The number of aliphatic hydroxyl groups is 1.